The molecule has 0 N–H and O–H groups in total. The number of carbonyl (C=O) groups excluding carboxylic acids is 2. The summed E-state index contributed by atoms with van der Waals surface area (Å²) in [5, 5.41) is 0. The molecule has 0 saturated carbocycles. The van der Waals surface area contributed by atoms with Gasteiger partial charge in [0.2, 0.25) is 5.78 Å². The van der Waals surface area contributed by atoms with E-state index in [9.17, 15) is 9.59 Å². The SMILES string of the molecule is C=C1CC/C=C(\C)CC[C@@H](C(C)C)[C@@H]2[C@H]3[C@H](O[C@@H](C)C(=O)[C@H]3OC(=O)/C(C)=C\C)O[C@H]12. The number of rotatable bonds is 3. The van der Waals surface area contributed by atoms with E-state index < -0.39 is 24.5 Å². The van der Waals surface area contributed by atoms with Crippen molar-refractivity contribution in [2.45, 2.75) is 91.8 Å². The van der Waals surface area contributed by atoms with E-state index in [1.165, 1.54) is 5.57 Å². The maximum Gasteiger partial charge on any atom is 0.334 e. The molecule has 2 saturated heterocycles. The van der Waals surface area contributed by atoms with Crippen molar-refractivity contribution in [3.8, 4) is 0 Å². The van der Waals surface area contributed by atoms with Crippen molar-refractivity contribution < 1.29 is 23.8 Å². The number of carbonyl (C=O) groups is 2. The van der Waals surface area contributed by atoms with Gasteiger partial charge in [-0.3, -0.25) is 4.79 Å². The van der Waals surface area contributed by atoms with Crippen LogP contribution < -0.4 is 0 Å². The molecule has 3 aliphatic rings. The first-order valence-corrected chi connectivity index (χ1v) is 11.7. The molecular weight excluding hydrogens is 392 g/mol. The van der Waals surface area contributed by atoms with Gasteiger partial charge in [0.05, 0.1) is 12.0 Å². The van der Waals surface area contributed by atoms with Crippen molar-refractivity contribution in [3.05, 3.63) is 35.5 Å². The van der Waals surface area contributed by atoms with Crippen molar-refractivity contribution >= 4 is 11.8 Å². The smallest absolute Gasteiger partial charge is 0.334 e. The second-order valence-electron chi connectivity index (χ2n) is 9.75. The van der Waals surface area contributed by atoms with Gasteiger partial charge < -0.3 is 14.2 Å². The van der Waals surface area contributed by atoms with E-state index >= 15 is 0 Å². The van der Waals surface area contributed by atoms with E-state index in [4.69, 9.17) is 14.2 Å². The number of allylic oxidation sites excluding steroid dienone is 3. The number of esters is 1. The number of Topliss-reactive ketones (excluding diaryl/α,β-unsaturated/α-hetero) is 1. The van der Waals surface area contributed by atoms with E-state index in [2.05, 4.69) is 33.4 Å². The van der Waals surface area contributed by atoms with Crippen molar-refractivity contribution in [1.82, 2.24) is 0 Å². The summed E-state index contributed by atoms with van der Waals surface area (Å²) in [5.74, 6) is -0.247. The summed E-state index contributed by atoms with van der Waals surface area (Å²) < 4.78 is 18.3. The van der Waals surface area contributed by atoms with Gasteiger partial charge in [-0.25, -0.2) is 4.79 Å². The third-order valence-electron chi connectivity index (χ3n) is 7.33. The summed E-state index contributed by atoms with van der Waals surface area (Å²) in [6.07, 6.45) is 5.51. The first kappa shape index (κ1) is 23.9. The molecule has 0 amide bonds. The minimum atomic E-state index is -0.861. The van der Waals surface area contributed by atoms with Crippen LogP contribution in [0.3, 0.4) is 0 Å². The molecule has 0 bridgehead atoms. The number of hydrogen-bond donors (Lipinski definition) is 0. The molecule has 0 aromatic heterocycles. The average Bonchev–Trinajstić information content (AvgIpc) is 3.08. The van der Waals surface area contributed by atoms with Crippen LogP contribution in [0.4, 0.5) is 0 Å². The van der Waals surface area contributed by atoms with Crippen LogP contribution in [0.5, 0.6) is 0 Å². The quantitative estimate of drug-likeness (QED) is 0.352. The minimum Gasteiger partial charge on any atom is -0.450 e. The fourth-order valence-electron chi connectivity index (χ4n) is 5.32. The zero-order valence-electron chi connectivity index (χ0n) is 19.9. The van der Waals surface area contributed by atoms with Crippen LogP contribution in [-0.2, 0) is 23.8 Å². The molecule has 2 aliphatic heterocycles. The van der Waals surface area contributed by atoms with E-state index in [-0.39, 0.29) is 23.7 Å². The van der Waals surface area contributed by atoms with Crippen LogP contribution in [-0.4, -0.2) is 36.4 Å². The Labute approximate surface area is 186 Å². The van der Waals surface area contributed by atoms with E-state index in [0.717, 1.165) is 31.3 Å². The van der Waals surface area contributed by atoms with Crippen LogP contribution in [0, 0.1) is 23.7 Å². The maximum absolute atomic E-state index is 13.2. The molecule has 2 fully saturated rings. The summed E-state index contributed by atoms with van der Waals surface area (Å²) >= 11 is 0. The van der Waals surface area contributed by atoms with Crippen LogP contribution in [0.15, 0.2) is 35.5 Å². The molecule has 0 radical (unpaired) electrons. The van der Waals surface area contributed by atoms with Gasteiger partial charge in [0.1, 0.15) is 6.10 Å². The van der Waals surface area contributed by atoms with Crippen LogP contribution in [0.2, 0.25) is 0 Å². The topological polar surface area (TPSA) is 61.8 Å². The highest BCUT2D eigenvalue weighted by molar-refractivity contribution is 5.93. The Hall–Kier alpha value is -1.72. The van der Waals surface area contributed by atoms with Gasteiger partial charge >= 0.3 is 5.97 Å². The van der Waals surface area contributed by atoms with Gasteiger partial charge in [0, 0.05) is 11.5 Å². The van der Waals surface area contributed by atoms with E-state index in [0.29, 0.717) is 17.4 Å². The lowest BCUT2D eigenvalue weighted by molar-refractivity contribution is -0.217. The van der Waals surface area contributed by atoms with Gasteiger partial charge in [-0.2, -0.15) is 0 Å². The Morgan fingerprint density at radius 1 is 1.26 bits per heavy atom. The molecule has 172 valence electrons. The predicted molar refractivity (Wildman–Crippen MR) is 120 cm³/mol. The van der Waals surface area contributed by atoms with Gasteiger partial charge in [0.15, 0.2) is 12.4 Å². The Balaban J connectivity index is 2.02. The molecule has 0 aromatic rings. The predicted octanol–water partition coefficient (Wildman–Crippen LogP) is 5.16. The van der Waals surface area contributed by atoms with Crippen LogP contribution in [0.1, 0.15) is 67.2 Å². The normalized spacial score (nSPS) is 38.9. The van der Waals surface area contributed by atoms with Gasteiger partial charge in [0.25, 0.3) is 0 Å². The maximum atomic E-state index is 13.2. The molecule has 2 heterocycles. The molecule has 3 rings (SSSR count). The van der Waals surface area contributed by atoms with Crippen molar-refractivity contribution in [2.75, 3.05) is 0 Å². The first-order valence-electron chi connectivity index (χ1n) is 11.7. The first-order chi connectivity index (χ1) is 14.6. The summed E-state index contributed by atoms with van der Waals surface area (Å²) in [4.78, 5) is 25.8. The molecule has 7 atom stereocenters. The Bertz CT molecular complexity index is 777. The number of ether oxygens (including phenoxy) is 3. The highest BCUT2D eigenvalue weighted by atomic mass is 16.7. The van der Waals surface area contributed by atoms with Crippen LogP contribution >= 0.6 is 0 Å². The number of hydrogen-bond acceptors (Lipinski definition) is 5. The van der Waals surface area contributed by atoms with Crippen molar-refractivity contribution in [3.63, 3.8) is 0 Å². The molecule has 1 aliphatic carbocycles. The summed E-state index contributed by atoms with van der Waals surface area (Å²) in [6.45, 7) is 16.2. The molecule has 5 heteroatoms. The third kappa shape index (κ3) is 4.88. The van der Waals surface area contributed by atoms with Gasteiger partial charge in [-0.05, 0) is 70.8 Å². The minimum absolute atomic E-state index is 0.0172. The Morgan fingerprint density at radius 3 is 2.61 bits per heavy atom. The summed E-state index contributed by atoms with van der Waals surface area (Å²) in [7, 11) is 0. The Kier molecular flexibility index (Phi) is 7.59. The van der Waals surface area contributed by atoms with E-state index in [1.807, 2.05) is 0 Å². The van der Waals surface area contributed by atoms with E-state index in [1.54, 1.807) is 26.8 Å². The third-order valence-corrected chi connectivity index (χ3v) is 7.33. The summed E-state index contributed by atoms with van der Waals surface area (Å²) in [5.41, 5.74) is 2.92. The standard InChI is InChI=1S/C26H38O5/c1-8-16(5)25(28)30-24-21-20-19(14(2)3)13-12-15(4)10-9-11-17(6)23(20)31-26(21)29-18(7)22(24)27/h8,10,14,18-21,23-24,26H,6,9,11-13H2,1-5,7H3/b15-10+,16-8-/t18-,19-,20+,21+,23+,24-,26+/m0/s1. The molecule has 0 unspecified atom stereocenters. The lowest BCUT2D eigenvalue weighted by Crippen LogP contribution is -2.53. The van der Waals surface area contributed by atoms with Gasteiger partial charge in [-0.1, -0.05) is 38.2 Å². The second kappa shape index (κ2) is 9.83. The van der Waals surface area contributed by atoms with Gasteiger partial charge in [-0.15, -0.1) is 0 Å². The number of fused-ring (bicyclic) bond motifs is 3. The van der Waals surface area contributed by atoms with Crippen molar-refractivity contribution in [2.24, 2.45) is 23.7 Å². The lowest BCUT2D eigenvalue weighted by Gasteiger charge is -2.40. The lowest BCUT2D eigenvalue weighted by atomic mass is 9.67. The molecule has 31 heavy (non-hydrogen) atoms. The molecule has 5 nitrogen and oxygen atoms in total. The summed E-state index contributed by atoms with van der Waals surface area (Å²) in [6, 6.07) is 0. The number of ketones is 1. The molecular formula is C26H38O5. The monoisotopic (exact) mass is 430 g/mol. The zero-order valence-corrected chi connectivity index (χ0v) is 19.9. The van der Waals surface area contributed by atoms with Crippen LogP contribution in [0.25, 0.3) is 0 Å². The molecule has 0 aromatic carbocycles. The second-order valence-corrected chi connectivity index (χ2v) is 9.75. The zero-order chi connectivity index (χ0) is 22.9. The van der Waals surface area contributed by atoms with Crippen molar-refractivity contribution in [1.29, 1.82) is 0 Å². The Morgan fingerprint density at radius 2 is 1.97 bits per heavy atom. The largest absolute Gasteiger partial charge is 0.450 e. The highest BCUT2D eigenvalue weighted by Gasteiger charge is 2.59. The average molecular weight is 431 g/mol. The molecule has 0 spiro atoms. The fourth-order valence-corrected chi connectivity index (χ4v) is 5.32. The fraction of sp³-hybridized carbons (Fsp3) is 0.692. The highest BCUT2D eigenvalue weighted by Crippen LogP contribution is 2.50.